The maximum atomic E-state index is 6.35. The molecular formula is C48H39NO. The topological polar surface area (TPSA) is 12.5 Å². The normalized spacial score (nSPS) is 14.5. The van der Waals surface area contributed by atoms with Crippen molar-refractivity contribution in [3.8, 4) is 44.9 Å². The molecule has 2 aliphatic rings. The van der Waals surface area contributed by atoms with Crippen LogP contribution >= 0.6 is 0 Å². The molecule has 1 aliphatic heterocycles. The van der Waals surface area contributed by atoms with Gasteiger partial charge in [0.25, 0.3) is 0 Å². The number of benzene rings is 7. The molecule has 242 valence electrons. The second kappa shape index (κ2) is 11.4. The Kier molecular flexibility index (Phi) is 6.86. The van der Waals surface area contributed by atoms with Crippen molar-refractivity contribution in [1.29, 1.82) is 0 Å². The van der Waals surface area contributed by atoms with E-state index in [0.717, 1.165) is 28.6 Å². The van der Waals surface area contributed by atoms with Crippen molar-refractivity contribution in [2.45, 2.75) is 38.5 Å². The van der Waals surface area contributed by atoms with Crippen LogP contribution < -0.4 is 9.64 Å². The fourth-order valence-corrected chi connectivity index (χ4v) is 8.14. The van der Waals surface area contributed by atoms with Crippen LogP contribution in [0.15, 0.2) is 164 Å². The molecule has 2 heteroatoms. The predicted molar refractivity (Wildman–Crippen MR) is 208 cm³/mol. The molecule has 0 amide bonds. The first kappa shape index (κ1) is 30.2. The Hall–Kier alpha value is -5.86. The molecule has 50 heavy (non-hydrogen) atoms. The van der Waals surface area contributed by atoms with Crippen LogP contribution in [0.2, 0.25) is 0 Å². The molecule has 0 atom stereocenters. The van der Waals surface area contributed by atoms with E-state index >= 15 is 0 Å². The first-order valence-electron chi connectivity index (χ1n) is 17.5. The van der Waals surface area contributed by atoms with E-state index in [2.05, 4.69) is 190 Å². The molecule has 7 aromatic rings. The molecular weight excluding hydrogens is 607 g/mol. The average Bonchev–Trinajstić information content (AvgIpc) is 3.38. The van der Waals surface area contributed by atoms with Gasteiger partial charge in [-0.15, -0.1) is 0 Å². The summed E-state index contributed by atoms with van der Waals surface area (Å²) in [7, 11) is 0. The summed E-state index contributed by atoms with van der Waals surface area (Å²) in [6.07, 6.45) is 0. The average molecular weight is 646 g/mol. The van der Waals surface area contributed by atoms with E-state index in [4.69, 9.17) is 4.74 Å². The van der Waals surface area contributed by atoms with Gasteiger partial charge in [0.15, 0.2) is 0 Å². The van der Waals surface area contributed by atoms with Crippen LogP contribution in [-0.4, -0.2) is 0 Å². The van der Waals surface area contributed by atoms with Gasteiger partial charge in [0.1, 0.15) is 11.5 Å². The van der Waals surface area contributed by atoms with Gasteiger partial charge < -0.3 is 9.64 Å². The SMILES string of the molecule is CC1(C)c2ccccc2Oc2ccc(-c3ccc(N(c4ccc(-c5ccccc5)cc4)c4ccc5c(c4)C(C)(C)c4ccccc4-5)cc3)cc21. The van der Waals surface area contributed by atoms with Crippen LogP contribution in [-0.2, 0) is 10.8 Å². The molecule has 2 nitrogen and oxygen atoms in total. The summed E-state index contributed by atoms with van der Waals surface area (Å²) in [4.78, 5) is 2.39. The molecule has 0 bridgehead atoms. The van der Waals surface area contributed by atoms with E-state index in [9.17, 15) is 0 Å². The van der Waals surface area contributed by atoms with Crippen LogP contribution in [0.5, 0.6) is 11.5 Å². The van der Waals surface area contributed by atoms with Crippen molar-refractivity contribution in [1.82, 2.24) is 0 Å². The number of para-hydroxylation sites is 1. The number of hydrogen-bond acceptors (Lipinski definition) is 2. The van der Waals surface area contributed by atoms with Crippen molar-refractivity contribution in [3.05, 3.63) is 186 Å². The van der Waals surface area contributed by atoms with Crippen molar-refractivity contribution in [3.63, 3.8) is 0 Å². The zero-order valence-electron chi connectivity index (χ0n) is 28.9. The third-order valence-corrected chi connectivity index (χ3v) is 10.9. The highest BCUT2D eigenvalue weighted by Crippen LogP contribution is 2.51. The summed E-state index contributed by atoms with van der Waals surface area (Å²) >= 11 is 0. The Morgan fingerprint density at radius 3 is 1.58 bits per heavy atom. The second-order valence-corrected chi connectivity index (χ2v) is 14.6. The second-order valence-electron chi connectivity index (χ2n) is 14.6. The van der Waals surface area contributed by atoms with Crippen molar-refractivity contribution >= 4 is 17.1 Å². The van der Waals surface area contributed by atoms with E-state index in [0.29, 0.717) is 0 Å². The standard InChI is InChI=1S/C48H39NO/c1-47(2)41-15-9-8-14-39(41)40-28-27-38(31-43(40)47)49(36-23-18-33(19-24-36)32-12-6-5-7-13-32)37-25-20-34(21-26-37)35-22-29-46-44(30-35)48(3,4)42-16-10-11-17-45(42)50-46/h5-31H,1-4H3. The van der Waals surface area contributed by atoms with E-state index in [-0.39, 0.29) is 10.8 Å². The third kappa shape index (κ3) is 4.78. The van der Waals surface area contributed by atoms with E-state index < -0.39 is 0 Å². The van der Waals surface area contributed by atoms with Gasteiger partial charge in [0.05, 0.1) is 0 Å². The van der Waals surface area contributed by atoms with Crippen LogP contribution in [0.25, 0.3) is 33.4 Å². The fraction of sp³-hybridized carbons (Fsp3) is 0.125. The number of hydrogen-bond donors (Lipinski definition) is 0. The van der Waals surface area contributed by atoms with Gasteiger partial charge in [0.2, 0.25) is 0 Å². The monoisotopic (exact) mass is 645 g/mol. The molecule has 1 aliphatic carbocycles. The maximum absolute atomic E-state index is 6.35. The third-order valence-electron chi connectivity index (χ3n) is 10.9. The Bertz CT molecular complexity index is 2380. The van der Waals surface area contributed by atoms with Gasteiger partial charge in [-0.05, 0) is 99.1 Å². The molecule has 7 aromatic carbocycles. The Morgan fingerprint density at radius 1 is 0.360 bits per heavy atom. The van der Waals surface area contributed by atoms with Gasteiger partial charge in [-0.3, -0.25) is 0 Å². The minimum Gasteiger partial charge on any atom is -0.457 e. The number of rotatable bonds is 5. The number of ether oxygens (including phenoxy) is 1. The summed E-state index contributed by atoms with van der Waals surface area (Å²) < 4.78 is 6.35. The maximum Gasteiger partial charge on any atom is 0.131 e. The Balaban J connectivity index is 1.12. The van der Waals surface area contributed by atoms with Crippen LogP contribution in [0.3, 0.4) is 0 Å². The fourth-order valence-electron chi connectivity index (χ4n) is 8.14. The lowest BCUT2D eigenvalue weighted by Crippen LogP contribution is -2.24. The molecule has 0 N–H and O–H groups in total. The van der Waals surface area contributed by atoms with Crippen molar-refractivity contribution in [2.24, 2.45) is 0 Å². The Labute approximate surface area is 295 Å². The summed E-state index contributed by atoms with van der Waals surface area (Å²) in [5.41, 5.74) is 15.8. The lowest BCUT2D eigenvalue weighted by Gasteiger charge is -2.34. The predicted octanol–water partition coefficient (Wildman–Crippen LogP) is 13.2. The summed E-state index contributed by atoms with van der Waals surface area (Å²) in [6, 6.07) is 59.4. The Morgan fingerprint density at radius 2 is 0.860 bits per heavy atom. The van der Waals surface area contributed by atoms with Crippen LogP contribution in [0, 0.1) is 0 Å². The van der Waals surface area contributed by atoms with Gasteiger partial charge >= 0.3 is 0 Å². The largest absolute Gasteiger partial charge is 0.457 e. The summed E-state index contributed by atoms with van der Waals surface area (Å²) in [5, 5.41) is 0. The molecule has 0 radical (unpaired) electrons. The highest BCUT2D eigenvalue weighted by Gasteiger charge is 2.36. The minimum absolute atomic E-state index is 0.0842. The smallest absolute Gasteiger partial charge is 0.131 e. The molecule has 0 spiro atoms. The quantitative estimate of drug-likeness (QED) is 0.185. The minimum atomic E-state index is -0.163. The van der Waals surface area contributed by atoms with Gasteiger partial charge in [-0.2, -0.15) is 0 Å². The highest BCUT2D eigenvalue weighted by molar-refractivity contribution is 5.86. The number of anilines is 3. The van der Waals surface area contributed by atoms with E-state index in [1.54, 1.807) is 0 Å². The zero-order valence-corrected chi connectivity index (χ0v) is 28.9. The van der Waals surface area contributed by atoms with E-state index in [1.165, 1.54) is 55.6 Å². The lowest BCUT2D eigenvalue weighted by atomic mass is 9.75. The van der Waals surface area contributed by atoms with Gasteiger partial charge in [-0.25, -0.2) is 0 Å². The summed E-state index contributed by atoms with van der Waals surface area (Å²) in [5.74, 6) is 1.87. The van der Waals surface area contributed by atoms with E-state index in [1.807, 2.05) is 6.07 Å². The molecule has 0 saturated carbocycles. The van der Waals surface area contributed by atoms with Crippen molar-refractivity contribution in [2.75, 3.05) is 4.90 Å². The molecule has 0 saturated heterocycles. The highest BCUT2D eigenvalue weighted by atomic mass is 16.5. The molecule has 1 heterocycles. The first-order valence-corrected chi connectivity index (χ1v) is 17.5. The molecule has 0 unspecified atom stereocenters. The van der Waals surface area contributed by atoms with Crippen molar-refractivity contribution < 1.29 is 4.74 Å². The molecule has 9 rings (SSSR count). The first-order chi connectivity index (χ1) is 24.3. The van der Waals surface area contributed by atoms with Gasteiger partial charge in [0, 0.05) is 39.0 Å². The van der Waals surface area contributed by atoms with Crippen LogP contribution in [0.4, 0.5) is 17.1 Å². The van der Waals surface area contributed by atoms with Crippen LogP contribution in [0.1, 0.15) is 49.9 Å². The molecule has 0 fully saturated rings. The lowest BCUT2D eigenvalue weighted by molar-refractivity contribution is 0.418. The van der Waals surface area contributed by atoms with Gasteiger partial charge in [-0.1, -0.05) is 137 Å². The zero-order chi connectivity index (χ0) is 34.0. The number of fused-ring (bicyclic) bond motifs is 5. The number of nitrogens with zero attached hydrogens (tertiary/aromatic N) is 1. The molecule has 0 aromatic heterocycles. The summed E-state index contributed by atoms with van der Waals surface area (Å²) in [6.45, 7) is 9.27.